The molecule has 0 bridgehead atoms. The minimum atomic E-state index is -0.368. The zero-order valence-electron chi connectivity index (χ0n) is 9.84. The fraction of sp³-hybridized carbons (Fsp3) is 0.231. The summed E-state index contributed by atoms with van der Waals surface area (Å²) in [7, 11) is 0. The van der Waals surface area contributed by atoms with Crippen LogP contribution in [0.15, 0.2) is 24.3 Å². The first-order chi connectivity index (χ1) is 8.60. The van der Waals surface area contributed by atoms with Gasteiger partial charge >= 0.3 is 0 Å². The predicted molar refractivity (Wildman–Crippen MR) is 73.8 cm³/mol. The average Bonchev–Trinajstić information content (AvgIpc) is 2.28. The molecule has 1 aromatic heterocycles. The summed E-state index contributed by atoms with van der Waals surface area (Å²) in [5.41, 5.74) is 1.66. The van der Waals surface area contributed by atoms with E-state index in [0.717, 1.165) is 18.5 Å². The first-order valence-corrected chi connectivity index (χ1v) is 6.44. The van der Waals surface area contributed by atoms with Gasteiger partial charge in [0, 0.05) is 11.3 Å². The molecule has 2 aromatic rings. The molecule has 1 N–H and O–H groups in total. The van der Waals surface area contributed by atoms with Crippen LogP contribution in [0.2, 0.25) is 5.02 Å². The quantitative estimate of drug-likeness (QED) is 0.837. The second-order valence-corrected chi connectivity index (χ2v) is 4.79. The van der Waals surface area contributed by atoms with Crippen LogP contribution in [-0.4, -0.2) is 9.97 Å². The van der Waals surface area contributed by atoms with Crippen LogP contribution in [-0.2, 0) is 6.42 Å². The zero-order chi connectivity index (χ0) is 13.1. The number of aryl methyl sites for hydroxylation is 1. The molecule has 0 amide bonds. The Morgan fingerprint density at radius 3 is 2.83 bits per heavy atom. The number of hydrogen-bond donors (Lipinski definition) is 1. The van der Waals surface area contributed by atoms with Gasteiger partial charge in [0.2, 0.25) is 0 Å². The van der Waals surface area contributed by atoms with Gasteiger partial charge in [-0.3, -0.25) is 0 Å². The molecule has 1 heterocycles. The topological polar surface area (TPSA) is 28.7 Å². The van der Waals surface area contributed by atoms with Crippen LogP contribution >= 0.6 is 23.8 Å². The molecule has 0 atom stereocenters. The largest absolute Gasteiger partial charge is 0.343 e. The number of benzene rings is 1. The summed E-state index contributed by atoms with van der Waals surface area (Å²) < 4.78 is 13.5. The molecule has 0 aliphatic rings. The third kappa shape index (κ3) is 2.94. The molecule has 0 unspecified atom stereocenters. The van der Waals surface area contributed by atoms with E-state index >= 15 is 0 Å². The van der Waals surface area contributed by atoms with Gasteiger partial charge in [-0.25, -0.2) is 9.37 Å². The molecule has 0 aliphatic carbocycles. The number of halogens is 2. The van der Waals surface area contributed by atoms with E-state index in [1.165, 1.54) is 12.1 Å². The molecule has 2 nitrogen and oxygen atoms in total. The van der Waals surface area contributed by atoms with Gasteiger partial charge in [0.25, 0.3) is 0 Å². The lowest BCUT2D eigenvalue weighted by Gasteiger charge is -2.07. The smallest absolute Gasteiger partial charge is 0.140 e. The molecule has 0 saturated heterocycles. The van der Waals surface area contributed by atoms with Crippen molar-refractivity contribution in [3.05, 3.63) is 45.4 Å². The van der Waals surface area contributed by atoms with E-state index in [4.69, 9.17) is 23.8 Å². The highest BCUT2D eigenvalue weighted by Gasteiger charge is 2.07. The second kappa shape index (κ2) is 5.59. The molecule has 5 heteroatoms. The van der Waals surface area contributed by atoms with E-state index in [1.54, 1.807) is 6.07 Å². The normalized spacial score (nSPS) is 10.6. The van der Waals surface area contributed by atoms with Gasteiger partial charge < -0.3 is 4.98 Å². The summed E-state index contributed by atoms with van der Waals surface area (Å²) >= 11 is 11.1. The average molecular weight is 283 g/mol. The lowest BCUT2D eigenvalue weighted by atomic mass is 10.2. The summed E-state index contributed by atoms with van der Waals surface area (Å²) in [6.07, 6.45) is 1.89. The van der Waals surface area contributed by atoms with E-state index in [1.807, 2.05) is 6.07 Å². The van der Waals surface area contributed by atoms with Gasteiger partial charge in [-0.2, -0.15) is 0 Å². The van der Waals surface area contributed by atoms with Crippen LogP contribution in [0.1, 0.15) is 19.0 Å². The fourth-order valence-corrected chi connectivity index (χ4v) is 2.21. The number of aromatic nitrogens is 2. The minimum absolute atomic E-state index is 0.321. The SMILES string of the molecule is CCCc1cc(=S)nc(-c2ccc(F)cc2Cl)[nH]1. The Balaban J connectivity index is 2.53. The summed E-state index contributed by atoms with van der Waals surface area (Å²) in [5.74, 6) is 0.211. The number of nitrogens with one attached hydrogen (secondary N) is 1. The minimum Gasteiger partial charge on any atom is -0.343 e. The van der Waals surface area contributed by atoms with Crippen molar-refractivity contribution in [3.63, 3.8) is 0 Å². The summed E-state index contributed by atoms with van der Waals surface area (Å²) in [5, 5.41) is 0.321. The van der Waals surface area contributed by atoms with E-state index in [9.17, 15) is 4.39 Å². The Labute approximate surface area is 115 Å². The van der Waals surface area contributed by atoms with Crippen LogP contribution in [0.5, 0.6) is 0 Å². The van der Waals surface area contributed by atoms with E-state index in [-0.39, 0.29) is 5.82 Å². The zero-order valence-corrected chi connectivity index (χ0v) is 11.4. The first-order valence-electron chi connectivity index (χ1n) is 5.66. The van der Waals surface area contributed by atoms with Crippen molar-refractivity contribution in [2.75, 3.05) is 0 Å². The summed E-state index contributed by atoms with van der Waals surface area (Å²) in [6, 6.07) is 6.05. The molecule has 0 radical (unpaired) electrons. The first kappa shape index (κ1) is 13.2. The van der Waals surface area contributed by atoms with Crippen LogP contribution in [0, 0.1) is 10.5 Å². The van der Waals surface area contributed by atoms with Gasteiger partial charge in [0.1, 0.15) is 16.3 Å². The van der Waals surface area contributed by atoms with E-state index in [2.05, 4.69) is 16.9 Å². The lowest BCUT2D eigenvalue weighted by Crippen LogP contribution is -1.96. The molecule has 1 aromatic carbocycles. The van der Waals surface area contributed by atoms with Crippen LogP contribution in [0.3, 0.4) is 0 Å². The molecule has 2 rings (SSSR count). The maximum absolute atomic E-state index is 13.0. The fourth-order valence-electron chi connectivity index (χ4n) is 1.72. The molecule has 0 spiro atoms. The highest BCUT2D eigenvalue weighted by molar-refractivity contribution is 7.71. The Kier molecular flexibility index (Phi) is 4.09. The van der Waals surface area contributed by atoms with Gasteiger partial charge in [-0.15, -0.1) is 0 Å². The molecule has 0 fully saturated rings. The predicted octanol–water partition coefficient (Wildman–Crippen LogP) is 4.55. The Morgan fingerprint density at radius 1 is 1.39 bits per heavy atom. The molecular weight excluding hydrogens is 271 g/mol. The van der Waals surface area contributed by atoms with Gasteiger partial charge in [-0.1, -0.05) is 37.2 Å². The van der Waals surface area contributed by atoms with Crippen molar-refractivity contribution in [2.45, 2.75) is 19.8 Å². The third-order valence-corrected chi connectivity index (χ3v) is 3.03. The Hall–Kier alpha value is -1.26. The number of H-pyrrole nitrogens is 1. The lowest BCUT2D eigenvalue weighted by molar-refractivity contribution is 0.628. The molecule has 0 saturated carbocycles. The maximum Gasteiger partial charge on any atom is 0.140 e. The van der Waals surface area contributed by atoms with Crippen LogP contribution in [0.4, 0.5) is 4.39 Å². The van der Waals surface area contributed by atoms with E-state index < -0.39 is 0 Å². The van der Waals surface area contributed by atoms with Crippen LogP contribution < -0.4 is 0 Å². The monoisotopic (exact) mass is 282 g/mol. The molecule has 0 aliphatic heterocycles. The van der Waals surface area contributed by atoms with E-state index in [0.29, 0.717) is 21.1 Å². The molecule has 18 heavy (non-hydrogen) atoms. The number of aromatic amines is 1. The van der Waals surface area contributed by atoms with Crippen molar-refractivity contribution in [1.82, 2.24) is 9.97 Å². The molecule has 94 valence electrons. The van der Waals surface area contributed by atoms with Crippen molar-refractivity contribution in [3.8, 4) is 11.4 Å². The highest BCUT2D eigenvalue weighted by atomic mass is 35.5. The number of nitrogens with zero attached hydrogens (tertiary/aromatic N) is 1. The maximum atomic E-state index is 13.0. The summed E-state index contributed by atoms with van der Waals surface area (Å²) in [6.45, 7) is 2.09. The van der Waals surface area contributed by atoms with Crippen molar-refractivity contribution in [1.29, 1.82) is 0 Å². The highest BCUT2D eigenvalue weighted by Crippen LogP contribution is 2.26. The Bertz CT molecular complexity index is 625. The van der Waals surface area contributed by atoms with Gasteiger partial charge in [0.15, 0.2) is 0 Å². The second-order valence-electron chi connectivity index (χ2n) is 3.97. The third-order valence-electron chi connectivity index (χ3n) is 2.50. The van der Waals surface area contributed by atoms with Crippen molar-refractivity contribution >= 4 is 23.8 Å². The number of hydrogen-bond acceptors (Lipinski definition) is 2. The van der Waals surface area contributed by atoms with Crippen LogP contribution in [0.25, 0.3) is 11.4 Å². The summed E-state index contributed by atoms with van der Waals surface area (Å²) in [4.78, 5) is 7.41. The van der Waals surface area contributed by atoms with Crippen molar-refractivity contribution in [2.24, 2.45) is 0 Å². The standard InChI is InChI=1S/C13H12ClFN2S/c1-2-3-9-7-12(18)17-13(16-9)10-5-4-8(15)6-11(10)14/h4-7H,2-3H2,1H3,(H,16,17,18). The Morgan fingerprint density at radius 2 is 2.17 bits per heavy atom. The number of rotatable bonds is 3. The molecular formula is C13H12ClFN2S. The van der Waals surface area contributed by atoms with Gasteiger partial charge in [-0.05, 0) is 30.7 Å². The van der Waals surface area contributed by atoms with Crippen molar-refractivity contribution < 1.29 is 4.39 Å². The van der Waals surface area contributed by atoms with Gasteiger partial charge in [0.05, 0.1) is 5.02 Å².